The molecule has 0 radical (unpaired) electrons. The summed E-state index contributed by atoms with van der Waals surface area (Å²) >= 11 is 5.94. The lowest BCUT2D eigenvalue weighted by Crippen LogP contribution is -2.42. The lowest BCUT2D eigenvalue weighted by Gasteiger charge is -2.42. The summed E-state index contributed by atoms with van der Waals surface area (Å²) in [5.41, 5.74) is 8.26. The van der Waals surface area contributed by atoms with Gasteiger partial charge in [0.2, 0.25) is 0 Å². The smallest absolute Gasteiger partial charge is 0.134 e. The molecule has 82 valence electrons. The number of aromatic hydroxyl groups is 1. The molecule has 1 aliphatic carbocycles. The third kappa shape index (κ3) is 1.62. The number of nitrogens with two attached hydrogens (primary N) is 1. The standard InChI is InChI=1S/C12H16ClNO/c1-8-5-11(15)10(13)6-9(8)12(7-14)3-2-4-12/h5-6,15H,2-4,7,14H2,1H3. The predicted octanol–water partition coefficient (Wildman–Crippen LogP) is 2.73. The van der Waals surface area contributed by atoms with Crippen molar-refractivity contribution in [3.8, 4) is 5.75 Å². The van der Waals surface area contributed by atoms with E-state index in [-0.39, 0.29) is 11.2 Å². The van der Waals surface area contributed by atoms with Gasteiger partial charge in [-0.3, -0.25) is 0 Å². The van der Waals surface area contributed by atoms with Crippen LogP contribution >= 0.6 is 11.6 Å². The quantitative estimate of drug-likeness (QED) is 0.813. The first-order chi connectivity index (χ1) is 7.09. The van der Waals surface area contributed by atoms with Crippen molar-refractivity contribution < 1.29 is 5.11 Å². The number of phenolic OH excluding ortho intramolecular Hbond substituents is 1. The second-order valence-electron chi connectivity index (χ2n) is 4.46. The Morgan fingerprint density at radius 1 is 1.47 bits per heavy atom. The topological polar surface area (TPSA) is 46.2 Å². The van der Waals surface area contributed by atoms with Gasteiger partial charge in [-0.2, -0.15) is 0 Å². The van der Waals surface area contributed by atoms with E-state index < -0.39 is 0 Å². The summed E-state index contributed by atoms with van der Waals surface area (Å²) in [5.74, 6) is 0.157. The van der Waals surface area contributed by atoms with Gasteiger partial charge in [0.25, 0.3) is 0 Å². The maximum atomic E-state index is 9.49. The number of rotatable bonds is 2. The van der Waals surface area contributed by atoms with Crippen LogP contribution in [0.2, 0.25) is 5.02 Å². The molecule has 0 bridgehead atoms. The van der Waals surface area contributed by atoms with Crippen LogP contribution in [0.5, 0.6) is 5.75 Å². The summed E-state index contributed by atoms with van der Waals surface area (Å²) in [7, 11) is 0. The molecule has 1 aromatic rings. The predicted molar refractivity (Wildman–Crippen MR) is 62.4 cm³/mol. The van der Waals surface area contributed by atoms with Crippen molar-refractivity contribution >= 4 is 11.6 Å². The van der Waals surface area contributed by atoms with Crippen LogP contribution in [0.3, 0.4) is 0 Å². The Labute approximate surface area is 95.1 Å². The third-order valence-electron chi connectivity index (χ3n) is 3.57. The van der Waals surface area contributed by atoms with Crippen LogP contribution in [0.1, 0.15) is 30.4 Å². The molecule has 0 saturated heterocycles. The molecule has 1 saturated carbocycles. The maximum Gasteiger partial charge on any atom is 0.134 e. The van der Waals surface area contributed by atoms with Crippen LogP contribution < -0.4 is 5.73 Å². The van der Waals surface area contributed by atoms with E-state index >= 15 is 0 Å². The zero-order valence-corrected chi connectivity index (χ0v) is 9.64. The molecule has 0 spiro atoms. The molecule has 2 nitrogen and oxygen atoms in total. The molecule has 3 N–H and O–H groups in total. The number of aryl methyl sites for hydroxylation is 1. The monoisotopic (exact) mass is 225 g/mol. The van der Waals surface area contributed by atoms with Gasteiger partial charge in [0.15, 0.2) is 0 Å². The number of benzene rings is 1. The molecule has 0 aliphatic heterocycles. The zero-order valence-electron chi connectivity index (χ0n) is 8.89. The van der Waals surface area contributed by atoms with E-state index in [9.17, 15) is 5.11 Å². The van der Waals surface area contributed by atoms with Gasteiger partial charge < -0.3 is 10.8 Å². The Balaban J connectivity index is 2.47. The summed E-state index contributed by atoms with van der Waals surface area (Å²) in [6.07, 6.45) is 3.49. The first kappa shape index (κ1) is 10.8. The highest BCUT2D eigenvalue weighted by atomic mass is 35.5. The van der Waals surface area contributed by atoms with Gasteiger partial charge in [-0.25, -0.2) is 0 Å². The molecular weight excluding hydrogens is 210 g/mol. The summed E-state index contributed by atoms with van der Waals surface area (Å²) in [4.78, 5) is 0. The van der Waals surface area contributed by atoms with Crippen molar-refractivity contribution in [2.24, 2.45) is 5.73 Å². The van der Waals surface area contributed by atoms with Crippen LogP contribution in [0, 0.1) is 6.92 Å². The average molecular weight is 226 g/mol. The Morgan fingerprint density at radius 2 is 2.13 bits per heavy atom. The fourth-order valence-electron chi connectivity index (χ4n) is 2.42. The SMILES string of the molecule is Cc1cc(O)c(Cl)cc1C1(CN)CCC1. The normalized spacial score (nSPS) is 18.6. The number of hydrogen-bond donors (Lipinski definition) is 2. The van der Waals surface area contributed by atoms with Gasteiger partial charge in [0.1, 0.15) is 5.75 Å². The van der Waals surface area contributed by atoms with Crippen LogP contribution in [0.25, 0.3) is 0 Å². The fourth-order valence-corrected chi connectivity index (χ4v) is 2.59. The maximum absolute atomic E-state index is 9.49. The van der Waals surface area contributed by atoms with E-state index in [1.165, 1.54) is 12.0 Å². The molecule has 15 heavy (non-hydrogen) atoms. The first-order valence-corrected chi connectivity index (χ1v) is 5.66. The van der Waals surface area contributed by atoms with Crippen molar-refractivity contribution in [1.29, 1.82) is 0 Å². The highest BCUT2D eigenvalue weighted by Gasteiger charge is 2.38. The average Bonchev–Trinajstić information content (AvgIpc) is 2.12. The number of hydrogen-bond acceptors (Lipinski definition) is 2. The van der Waals surface area contributed by atoms with Crippen molar-refractivity contribution in [2.75, 3.05) is 6.54 Å². The lowest BCUT2D eigenvalue weighted by molar-refractivity contribution is 0.251. The number of halogens is 1. The highest BCUT2D eigenvalue weighted by molar-refractivity contribution is 6.32. The summed E-state index contributed by atoms with van der Waals surface area (Å²) < 4.78 is 0. The van der Waals surface area contributed by atoms with E-state index in [1.807, 2.05) is 13.0 Å². The molecule has 2 rings (SSSR count). The Hall–Kier alpha value is -0.730. The van der Waals surface area contributed by atoms with E-state index in [1.54, 1.807) is 6.07 Å². The molecule has 0 aromatic heterocycles. The van der Waals surface area contributed by atoms with Gasteiger partial charge in [0.05, 0.1) is 5.02 Å². The highest BCUT2D eigenvalue weighted by Crippen LogP contribution is 2.45. The molecule has 0 amide bonds. The fraction of sp³-hybridized carbons (Fsp3) is 0.500. The molecule has 0 unspecified atom stereocenters. The van der Waals surface area contributed by atoms with E-state index in [2.05, 4.69) is 0 Å². The van der Waals surface area contributed by atoms with Crippen molar-refractivity contribution in [2.45, 2.75) is 31.6 Å². The molecule has 0 heterocycles. The Kier molecular flexibility index (Phi) is 2.65. The van der Waals surface area contributed by atoms with Crippen LogP contribution in [0.15, 0.2) is 12.1 Å². The van der Waals surface area contributed by atoms with E-state index in [4.69, 9.17) is 17.3 Å². The van der Waals surface area contributed by atoms with Crippen molar-refractivity contribution in [3.63, 3.8) is 0 Å². The van der Waals surface area contributed by atoms with E-state index in [0.717, 1.165) is 18.4 Å². The van der Waals surface area contributed by atoms with Crippen LogP contribution in [-0.4, -0.2) is 11.7 Å². The van der Waals surface area contributed by atoms with Crippen molar-refractivity contribution in [3.05, 3.63) is 28.3 Å². The third-order valence-corrected chi connectivity index (χ3v) is 3.87. The van der Waals surface area contributed by atoms with Crippen molar-refractivity contribution in [1.82, 2.24) is 0 Å². The molecule has 0 atom stereocenters. The van der Waals surface area contributed by atoms with Crippen LogP contribution in [-0.2, 0) is 5.41 Å². The minimum Gasteiger partial charge on any atom is -0.506 e. The Bertz CT molecular complexity index is 380. The minimum absolute atomic E-state index is 0.113. The summed E-state index contributed by atoms with van der Waals surface area (Å²) in [6, 6.07) is 3.60. The first-order valence-electron chi connectivity index (χ1n) is 5.29. The molecule has 1 aliphatic rings. The van der Waals surface area contributed by atoms with Gasteiger partial charge >= 0.3 is 0 Å². The molecule has 1 fully saturated rings. The van der Waals surface area contributed by atoms with E-state index in [0.29, 0.717) is 11.6 Å². The summed E-state index contributed by atoms with van der Waals surface area (Å²) in [6.45, 7) is 2.66. The lowest BCUT2D eigenvalue weighted by atomic mass is 9.63. The molecule has 3 heteroatoms. The van der Waals surface area contributed by atoms with Gasteiger partial charge in [-0.1, -0.05) is 18.0 Å². The molecular formula is C12H16ClNO. The number of phenols is 1. The summed E-state index contributed by atoms with van der Waals surface area (Å²) in [5, 5.41) is 9.92. The zero-order chi connectivity index (χ0) is 11.1. The minimum atomic E-state index is 0.113. The van der Waals surface area contributed by atoms with Crippen LogP contribution in [0.4, 0.5) is 0 Å². The van der Waals surface area contributed by atoms with Gasteiger partial charge in [-0.15, -0.1) is 0 Å². The second-order valence-corrected chi connectivity index (χ2v) is 4.86. The van der Waals surface area contributed by atoms with Gasteiger partial charge in [0, 0.05) is 12.0 Å². The second kappa shape index (κ2) is 3.69. The largest absolute Gasteiger partial charge is 0.506 e. The molecule has 1 aromatic carbocycles. The van der Waals surface area contributed by atoms with Gasteiger partial charge in [-0.05, 0) is 43.0 Å². The Morgan fingerprint density at radius 3 is 2.60 bits per heavy atom.